The Morgan fingerprint density at radius 2 is 1.88 bits per heavy atom. The molecule has 0 unspecified atom stereocenters. The number of halogens is 5. The van der Waals surface area contributed by atoms with Crippen LogP contribution in [0.25, 0.3) is 0 Å². The van der Waals surface area contributed by atoms with E-state index >= 15 is 0 Å². The quantitative estimate of drug-likeness (QED) is 0.806. The van der Waals surface area contributed by atoms with Gasteiger partial charge in [0.15, 0.2) is 11.5 Å². The fourth-order valence-corrected chi connectivity index (χ4v) is 2.73. The molecule has 1 aromatic carbocycles. The molecule has 0 bridgehead atoms. The highest BCUT2D eigenvalue weighted by Gasteiger charge is 2.37. The average molecular weight is 391 g/mol. The minimum Gasteiger partial charge on any atom is -0.504 e. The maximum absolute atomic E-state index is 13.0. The Kier molecular flexibility index (Phi) is 9.80. The number of hydrogen-bond acceptors (Lipinski definition) is 4. The summed E-state index contributed by atoms with van der Waals surface area (Å²) in [7, 11) is 0. The number of nitrogens with zero attached hydrogens (tertiary/aromatic N) is 1. The third-order valence-electron chi connectivity index (χ3n) is 3.71. The van der Waals surface area contributed by atoms with Gasteiger partial charge in [-0.15, -0.1) is 24.8 Å². The number of ether oxygens (including phenoxy) is 1. The predicted molar refractivity (Wildman–Crippen MR) is 91.6 cm³/mol. The van der Waals surface area contributed by atoms with Crippen molar-refractivity contribution in [1.29, 1.82) is 0 Å². The van der Waals surface area contributed by atoms with E-state index in [2.05, 4.69) is 5.32 Å². The summed E-state index contributed by atoms with van der Waals surface area (Å²) in [6.07, 6.45) is -5.29. The number of para-hydroxylation sites is 1. The van der Waals surface area contributed by atoms with E-state index in [1.807, 2.05) is 0 Å². The molecule has 1 aliphatic heterocycles. The van der Waals surface area contributed by atoms with Crippen molar-refractivity contribution in [2.24, 2.45) is 0 Å². The van der Waals surface area contributed by atoms with E-state index in [0.717, 1.165) is 0 Å². The number of rotatable bonds is 5. The monoisotopic (exact) mass is 390 g/mol. The zero-order valence-corrected chi connectivity index (χ0v) is 14.9. The first-order valence-electron chi connectivity index (χ1n) is 7.38. The van der Waals surface area contributed by atoms with Crippen molar-refractivity contribution in [2.75, 3.05) is 32.8 Å². The summed E-state index contributed by atoms with van der Waals surface area (Å²) < 4.78 is 44.2. The van der Waals surface area contributed by atoms with E-state index in [-0.39, 0.29) is 41.9 Å². The minimum absolute atomic E-state index is 0. The first-order chi connectivity index (χ1) is 10.4. The average Bonchev–Trinajstić information content (AvgIpc) is 2.47. The molecule has 9 heteroatoms. The lowest BCUT2D eigenvalue weighted by Crippen LogP contribution is -2.46. The van der Waals surface area contributed by atoms with Crippen LogP contribution in [0, 0.1) is 0 Å². The summed E-state index contributed by atoms with van der Waals surface area (Å²) >= 11 is 0. The van der Waals surface area contributed by atoms with Crippen molar-refractivity contribution < 1.29 is 23.0 Å². The van der Waals surface area contributed by atoms with Crippen molar-refractivity contribution >= 4 is 24.8 Å². The first kappa shape index (κ1) is 23.1. The molecule has 140 valence electrons. The van der Waals surface area contributed by atoms with E-state index in [0.29, 0.717) is 32.8 Å². The fourth-order valence-electron chi connectivity index (χ4n) is 2.73. The van der Waals surface area contributed by atoms with E-state index in [1.54, 1.807) is 24.0 Å². The molecule has 0 aliphatic carbocycles. The molecule has 0 aromatic heterocycles. The van der Waals surface area contributed by atoms with Gasteiger partial charge in [-0.3, -0.25) is 4.90 Å². The molecular weight excluding hydrogens is 368 g/mol. The Morgan fingerprint density at radius 3 is 2.42 bits per heavy atom. The number of phenols is 1. The summed E-state index contributed by atoms with van der Waals surface area (Å²) in [5.41, 5.74) is 0.269. The van der Waals surface area contributed by atoms with Gasteiger partial charge in [-0.25, -0.2) is 0 Å². The summed E-state index contributed by atoms with van der Waals surface area (Å²) in [5.74, 6) is 0.0273. The molecule has 0 amide bonds. The van der Waals surface area contributed by atoms with Crippen LogP contribution in [-0.4, -0.2) is 49.0 Å². The molecule has 0 saturated carbocycles. The Labute approximate surface area is 152 Å². The van der Waals surface area contributed by atoms with Crippen molar-refractivity contribution in [1.82, 2.24) is 10.2 Å². The number of hydrogen-bond donors (Lipinski definition) is 2. The molecule has 2 rings (SSSR count). The largest absolute Gasteiger partial charge is 0.504 e. The van der Waals surface area contributed by atoms with Gasteiger partial charge in [-0.2, -0.15) is 13.2 Å². The molecule has 0 spiro atoms. The van der Waals surface area contributed by atoms with E-state index < -0.39 is 18.6 Å². The van der Waals surface area contributed by atoms with Gasteiger partial charge in [-0.1, -0.05) is 12.1 Å². The molecule has 1 fully saturated rings. The third kappa shape index (κ3) is 6.20. The summed E-state index contributed by atoms with van der Waals surface area (Å²) in [5, 5.41) is 13.4. The van der Waals surface area contributed by atoms with Gasteiger partial charge in [-0.05, 0) is 13.0 Å². The first-order valence-corrected chi connectivity index (χ1v) is 7.38. The lowest BCUT2D eigenvalue weighted by Gasteiger charge is -2.36. The molecule has 4 nitrogen and oxygen atoms in total. The number of aromatic hydroxyl groups is 1. The molecule has 1 aromatic rings. The van der Waals surface area contributed by atoms with Crippen LogP contribution in [0.5, 0.6) is 11.5 Å². The molecular formula is C15H23Cl2F3N2O2. The van der Waals surface area contributed by atoms with Crippen LogP contribution in [0.1, 0.15) is 24.9 Å². The van der Waals surface area contributed by atoms with E-state index in [1.165, 1.54) is 6.07 Å². The summed E-state index contributed by atoms with van der Waals surface area (Å²) in [6.45, 7) is 4.41. The van der Waals surface area contributed by atoms with Gasteiger partial charge >= 0.3 is 6.18 Å². The van der Waals surface area contributed by atoms with Gasteiger partial charge in [0.2, 0.25) is 0 Å². The van der Waals surface area contributed by atoms with Gasteiger partial charge in [0.05, 0.1) is 13.0 Å². The van der Waals surface area contributed by atoms with Gasteiger partial charge < -0.3 is 15.2 Å². The van der Waals surface area contributed by atoms with Crippen LogP contribution in [0.2, 0.25) is 0 Å². The number of nitrogens with one attached hydrogen (secondary N) is 1. The van der Waals surface area contributed by atoms with Crippen LogP contribution in [-0.2, 0) is 0 Å². The Morgan fingerprint density at radius 1 is 1.25 bits per heavy atom. The minimum atomic E-state index is -4.30. The molecule has 2 N–H and O–H groups in total. The standard InChI is InChI=1S/C15H21F3N2O2.2ClH/c1-2-22-13-5-3-4-11(14(13)21)12(10-15(16,17)18)20-8-6-19-7-9-20;;/h3-5,12,19,21H,2,6-10H2,1H3;2*1H/t12-;;/m1../s1. The topological polar surface area (TPSA) is 44.7 Å². The molecule has 0 radical (unpaired) electrons. The SMILES string of the molecule is CCOc1cccc([C@@H](CC(F)(F)F)N2CCNCC2)c1O.Cl.Cl. The lowest BCUT2D eigenvalue weighted by molar-refractivity contribution is -0.148. The van der Waals surface area contributed by atoms with Crippen LogP contribution in [0.15, 0.2) is 18.2 Å². The molecule has 1 aliphatic rings. The summed E-state index contributed by atoms with van der Waals surface area (Å²) in [4.78, 5) is 1.76. The van der Waals surface area contributed by atoms with Crippen molar-refractivity contribution in [3.8, 4) is 11.5 Å². The van der Waals surface area contributed by atoms with Crippen LogP contribution in [0.4, 0.5) is 13.2 Å². The maximum Gasteiger partial charge on any atom is 0.390 e. The Bertz CT molecular complexity index is 498. The zero-order valence-electron chi connectivity index (χ0n) is 13.3. The zero-order chi connectivity index (χ0) is 16.2. The van der Waals surface area contributed by atoms with E-state index in [9.17, 15) is 18.3 Å². The molecule has 24 heavy (non-hydrogen) atoms. The second-order valence-corrected chi connectivity index (χ2v) is 5.25. The molecule has 1 saturated heterocycles. The highest BCUT2D eigenvalue weighted by molar-refractivity contribution is 5.85. The fraction of sp³-hybridized carbons (Fsp3) is 0.600. The van der Waals surface area contributed by atoms with Gasteiger partial charge in [0.1, 0.15) is 0 Å². The second kappa shape index (κ2) is 10.2. The Balaban J connectivity index is 0.00000264. The highest BCUT2D eigenvalue weighted by atomic mass is 35.5. The summed E-state index contributed by atoms with van der Waals surface area (Å²) in [6, 6.07) is 3.81. The predicted octanol–water partition coefficient (Wildman–Crippen LogP) is 3.53. The second-order valence-electron chi connectivity index (χ2n) is 5.25. The number of alkyl halides is 3. The van der Waals surface area contributed by atoms with Gasteiger partial charge in [0, 0.05) is 37.8 Å². The third-order valence-corrected chi connectivity index (χ3v) is 3.71. The van der Waals surface area contributed by atoms with Crippen molar-refractivity contribution in [3.63, 3.8) is 0 Å². The number of phenolic OH excluding ortho intramolecular Hbond substituents is 1. The van der Waals surface area contributed by atoms with Crippen LogP contribution < -0.4 is 10.1 Å². The van der Waals surface area contributed by atoms with Crippen LogP contribution in [0.3, 0.4) is 0 Å². The molecule has 1 atom stereocenters. The lowest BCUT2D eigenvalue weighted by atomic mass is 9.99. The Hall–Kier alpha value is -0.890. The van der Waals surface area contributed by atoms with Crippen LogP contribution >= 0.6 is 24.8 Å². The van der Waals surface area contributed by atoms with E-state index in [4.69, 9.17) is 4.74 Å². The van der Waals surface area contributed by atoms with Gasteiger partial charge in [0.25, 0.3) is 0 Å². The smallest absolute Gasteiger partial charge is 0.390 e. The maximum atomic E-state index is 13.0. The number of piperazine rings is 1. The highest BCUT2D eigenvalue weighted by Crippen LogP contribution is 2.41. The van der Waals surface area contributed by atoms with Crippen molar-refractivity contribution in [2.45, 2.75) is 25.6 Å². The normalized spacial score (nSPS) is 16.7. The number of benzene rings is 1. The molecule has 1 heterocycles. The van der Waals surface area contributed by atoms with Crippen molar-refractivity contribution in [3.05, 3.63) is 23.8 Å².